The Labute approximate surface area is 107 Å². The predicted molar refractivity (Wildman–Crippen MR) is 71.7 cm³/mol. The lowest BCUT2D eigenvalue weighted by Crippen LogP contribution is -2.05. The molecule has 2 aromatic rings. The fourth-order valence-corrected chi connectivity index (χ4v) is 1.67. The second-order valence-electron chi connectivity index (χ2n) is 3.94. The van der Waals surface area contributed by atoms with E-state index >= 15 is 0 Å². The highest BCUT2D eigenvalue weighted by atomic mass is 16.5. The van der Waals surface area contributed by atoms with Crippen LogP contribution in [0, 0.1) is 6.92 Å². The molecule has 2 rings (SSSR count). The van der Waals surface area contributed by atoms with Crippen molar-refractivity contribution in [2.75, 3.05) is 11.9 Å². The number of hydrogen-bond donors (Lipinski definition) is 1. The molecule has 0 atom stereocenters. The lowest BCUT2D eigenvalue weighted by molar-refractivity contribution is 0.340. The molecule has 0 unspecified atom stereocenters. The first kappa shape index (κ1) is 12.4. The van der Waals surface area contributed by atoms with Crippen LogP contribution in [0.3, 0.4) is 0 Å². The number of pyridine rings is 2. The first-order valence-electron chi connectivity index (χ1n) is 6.02. The molecule has 0 radical (unpaired) electrons. The number of rotatable bonds is 5. The van der Waals surface area contributed by atoms with E-state index < -0.39 is 0 Å². The normalized spacial score (nSPS) is 10.1. The van der Waals surface area contributed by atoms with Gasteiger partial charge >= 0.3 is 0 Å². The van der Waals surface area contributed by atoms with Gasteiger partial charge in [-0.2, -0.15) is 0 Å². The van der Waals surface area contributed by atoms with Crippen LogP contribution in [0.25, 0.3) is 0 Å². The molecule has 2 aromatic heterocycles. The topological polar surface area (TPSA) is 47.0 Å². The van der Waals surface area contributed by atoms with Crippen molar-refractivity contribution in [2.24, 2.45) is 0 Å². The maximum Gasteiger partial charge on any atom is 0.169 e. The Morgan fingerprint density at radius 1 is 1.28 bits per heavy atom. The molecule has 0 aliphatic heterocycles. The van der Waals surface area contributed by atoms with Gasteiger partial charge in [0, 0.05) is 25.1 Å². The summed E-state index contributed by atoms with van der Waals surface area (Å²) in [6.07, 6.45) is 5.41. The molecule has 0 saturated heterocycles. The van der Waals surface area contributed by atoms with Crippen LogP contribution in [0.2, 0.25) is 0 Å². The quantitative estimate of drug-likeness (QED) is 0.877. The van der Waals surface area contributed by atoms with Gasteiger partial charge in [-0.15, -0.1) is 0 Å². The summed E-state index contributed by atoms with van der Waals surface area (Å²) >= 11 is 0. The van der Waals surface area contributed by atoms with Crippen molar-refractivity contribution < 1.29 is 4.74 Å². The third kappa shape index (κ3) is 2.97. The van der Waals surface area contributed by atoms with E-state index in [1.54, 1.807) is 12.4 Å². The smallest absolute Gasteiger partial charge is 0.169 e. The average molecular weight is 243 g/mol. The number of aryl methyl sites for hydroxylation is 1. The van der Waals surface area contributed by atoms with E-state index in [-0.39, 0.29) is 0 Å². The van der Waals surface area contributed by atoms with Crippen molar-refractivity contribution in [3.8, 4) is 5.75 Å². The van der Waals surface area contributed by atoms with E-state index in [4.69, 9.17) is 4.74 Å². The molecule has 0 spiro atoms. The first-order chi connectivity index (χ1) is 8.81. The van der Waals surface area contributed by atoms with Gasteiger partial charge in [-0.05, 0) is 43.2 Å². The molecule has 2 heterocycles. The Kier molecular flexibility index (Phi) is 4.12. The van der Waals surface area contributed by atoms with Crippen molar-refractivity contribution in [1.29, 1.82) is 0 Å². The molecule has 0 bridgehead atoms. The molecule has 4 nitrogen and oxygen atoms in total. The summed E-state index contributed by atoms with van der Waals surface area (Å²) in [7, 11) is 0. The van der Waals surface area contributed by atoms with Crippen LogP contribution < -0.4 is 10.1 Å². The van der Waals surface area contributed by atoms with Crippen LogP contribution >= 0.6 is 0 Å². The lowest BCUT2D eigenvalue weighted by atomic mass is 10.1. The lowest BCUT2D eigenvalue weighted by Gasteiger charge is -2.11. The molecular weight excluding hydrogens is 226 g/mol. The van der Waals surface area contributed by atoms with Gasteiger partial charge < -0.3 is 10.1 Å². The molecule has 18 heavy (non-hydrogen) atoms. The Bertz CT molecular complexity index is 514. The Hall–Kier alpha value is -2.10. The van der Waals surface area contributed by atoms with Crippen molar-refractivity contribution in [2.45, 2.75) is 20.4 Å². The average Bonchev–Trinajstić information content (AvgIpc) is 2.40. The highest BCUT2D eigenvalue weighted by Crippen LogP contribution is 2.21. The Morgan fingerprint density at radius 3 is 2.94 bits per heavy atom. The van der Waals surface area contributed by atoms with Crippen LogP contribution in [-0.4, -0.2) is 16.6 Å². The molecular formula is C14H17N3O. The Morgan fingerprint density at radius 2 is 2.17 bits per heavy atom. The van der Waals surface area contributed by atoms with Crippen LogP contribution in [0.5, 0.6) is 5.75 Å². The monoisotopic (exact) mass is 243 g/mol. The zero-order chi connectivity index (χ0) is 12.8. The second kappa shape index (κ2) is 6.00. The molecule has 0 aliphatic rings. The van der Waals surface area contributed by atoms with Gasteiger partial charge in [0.05, 0.1) is 6.61 Å². The summed E-state index contributed by atoms with van der Waals surface area (Å²) in [6, 6.07) is 5.79. The van der Waals surface area contributed by atoms with Gasteiger partial charge in [0.2, 0.25) is 0 Å². The van der Waals surface area contributed by atoms with Crippen LogP contribution in [0.15, 0.2) is 36.8 Å². The van der Waals surface area contributed by atoms with Gasteiger partial charge in [0.25, 0.3) is 0 Å². The third-order valence-corrected chi connectivity index (χ3v) is 2.65. The van der Waals surface area contributed by atoms with Crippen LogP contribution in [-0.2, 0) is 6.54 Å². The molecule has 0 aliphatic carbocycles. The first-order valence-corrected chi connectivity index (χ1v) is 6.02. The molecule has 0 amide bonds. The highest BCUT2D eigenvalue weighted by molar-refractivity contribution is 5.50. The van der Waals surface area contributed by atoms with Gasteiger partial charge in [-0.25, -0.2) is 4.98 Å². The van der Waals surface area contributed by atoms with E-state index in [0.717, 1.165) is 11.6 Å². The number of aromatic nitrogens is 2. The van der Waals surface area contributed by atoms with Crippen LogP contribution in [0.1, 0.15) is 18.1 Å². The van der Waals surface area contributed by atoms with Gasteiger partial charge in [0.15, 0.2) is 11.6 Å². The largest absolute Gasteiger partial charge is 0.490 e. The standard InChI is InChI=1S/C14H17N3O/c1-3-18-13-5-4-7-16-14(13)17-10-12-6-8-15-9-11(12)2/h4-9H,3,10H2,1-2H3,(H,16,17). The zero-order valence-electron chi connectivity index (χ0n) is 10.7. The number of nitrogens with zero attached hydrogens (tertiary/aromatic N) is 2. The fraction of sp³-hybridized carbons (Fsp3) is 0.286. The molecule has 4 heteroatoms. The van der Waals surface area contributed by atoms with Crippen molar-refractivity contribution in [1.82, 2.24) is 9.97 Å². The molecule has 94 valence electrons. The SMILES string of the molecule is CCOc1cccnc1NCc1ccncc1C. The van der Waals surface area contributed by atoms with Crippen molar-refractivity contribution in [3.05, 3.63) is 47.9 Å². The van der Waals surface area contributed by atoms with E-state index in [0.29, 0.717) is 13.2 Å². The van der Waals surface area contributed by atoms with Gasteiger partial charge in [-0.3, -0.25) is 4.98 Å². The van der Waals surface area contributed by atoms with Gasteiger partial charge in [0.1, 0.15) is 0 Å². The molecule has 0 aromatic carbocycles. The predicted octanol–water partition coefficient (Wildman–Crippen LogP) is 2.80. The minimum Gasteiger partial charge on any atom is -0.490 e. The van der Waals surface area contributed by atoms with E-state index in [1.807, 2.05) is 38.2 Å². The fourth-order valence-electron chi connectivity index (χ4n) is 1.67. The summed E-state index contributed by atoms with van der Waals surface area (Å²) in [5.74, 6) is 1.56. The minimum absolute atomic E-state index is 0.634. The summed E-state index contributed by atoms with van der Waals surface area (Å²) in [6.45, 7) is 5.36. The summed E-state index contributed by atoms with van der Waals surface area (Å²) in [5, 5.41) is 3.29. The highest BCUT2D eigenvalue weighted by Gasteiger charge is 2.04. The maximum absolute atomic E-state index is 5.52. The molecule has 1 N–H and O–H groups in total. The van der Waals surface area contributed by atoms with E-state index in [9.17, 15) is 0 Å². The van der Waals surface area contributed by atoms with Crippen molar-refractivity contribution in [3.63, 3.8) is 0 Å². The van der Waals surface area contributed by atoms with E-state index in [1.165, 1.54) is 11.1 Å². The maximum atomic E-state index is 5.52. The number of hydrogen-bond acceptors (Lipinski definition) is 4. The number of anilines is 1. The summed E-state index contributed by atoms with van der Waals surface area (Å²) in [5.41, 5.74) is 2.37. The minimum atomic E-state index is 0.634. The van der Waals surface area contributed by atoms with Crippen LogP contribution in [0.4, 0.5) is 5.82 Å². The third-order valence-electron chi connectivity index (χ3n) is 2.65. The van der Waals surface area contributed by atoms with Gasteiger partial charge in [-0.1, -0.05) is 0 Å². The number of ether oxygens (including phenoxy) is 1. The summed E-state index contributed by atoms with van der Waals surface area (Å²) in [4.78, 5) is 8.37. The van der Waals surface area contributed by atoms with E-state index in [2.05, 4.69) is 15.3 Å². The zero-order valence-corrected chi connectivity index (χ0v) is 10.7. The Balaban J connectivity index is 2.08. The molecule has 0 saturated carbocycles. The second-order valence-corrected chi connectivity index (χ2v) is 3.94. The molecule has 0 fully saturated rings. The summed E-state index contributed by atoms with van der Waals surface area (Å²) < 4.78 is 5.52. The number of nitrogens with one attached hydrogen (secondary N) is 1. The van der Waals surface area contributed by atoms with Crippen molar-refractivity contribution >= 4 is 5.82 Å².